The maximum absolute atomic E-state index is 12.4. The van der Waals surface area contributed by atoms with E-state index in [1.54, 1.807) is 0 Å². The van der Waals surface area contributed by atoms with E-state index in [0.29, 0.717) is 5.92 Å². The highest BCUT2D eigenvalue weighted by Crippen LogP contribution is 2.27. The predicted octanol–water partition coefficient (Wildman–Crippen LogP) is 4.85. The second-order valence-corrected chi connectivity index (χ2v) is 7.97. The van der Waals surface area contributed by atoms with Gasteiger partial charge in [0.2, 0.25) is 0 Å². The number of allylic oxidation sites excluding steroid dienone is 2. The zero-order chi connectivity index (χ0) is 21.5. The fourth-order valence-corrected chi connectivity index (χ4v) is 3.96. The quantitative estimate of drug-likeness (QED) is 0.287. The van der Waals surface area contributed by atoms with Crippen LogP contribution < -0.4 is 17.1 Å². The van der Waals surface area contributed by atoms with Crippen LogP contribution in [0.3, 0.4) is 0 Å². The fraction of sp³-hybridized carbons (Fsp3) is 0.696. The van der Waals surface area contributed by atoms with Crippen LogP contribution in [0.1, 0.15) is 96.4 Å². The summed E-state index contributed by atoms with van der Waals surface area (Å²) in [4.78, 5) is 40.6. The number of unbranched alkanes of at least 4 members (excludes halogenated alkanes) is 7. The maximum Gasteiger partial charge on any atom is 0.333 e. The molecule has 2 N–H and O–H groups in total. The molecule has 0 saturated heterocycles. The molecular formula is C23H39N3O3. The summed E-state index contributed by atoms with van der Waals surface area (Å²) in [5.74, 6) is 0.347. The molecule has 2 atom stereocenters. The Morgan fingerprint density at radius 1 is 0.862 bits per heavy atom. The molecule has 0 bridgehead atoms. The Hall–Kier alpha value is -2.11. The van der Waals surface area contributed by atoms with Gasteiger partial charge in [-0.3, -0.25) is 9.97 Å². The van der Waals surface area contributed by atoms with Crippen LogP contribution in [0.4, 0.5) is 0 Å². The first-order valence-electron chi connectivity index (χ1n) is 11.2. The Bertz CT molecular complexity index is 725. The SMILES string of the molecule is C=CCCCC(CC=C)CC(CCCCCCCCC)n1c(=O)[nH]c(=O)[nH]c1=O. The summed E-state index contributed by atoms with van der Waals surface area (Å²) in [5, 5.41) is 0. The molecule has 1 aromatic rings. The summed E-state index contributed by atoms with van der Waals surface area (Å²) >= 11 is 0. The van der Waals surface area contributed by atoms with E-state index in [9.17, 15) is 14.4 Å². The number of aromatic nitrogens is 3. The van der Waals surface area contributed by atoms with Gasteiger partial charge >= 0.3 is 17.1 Å². The summed E-state index contributed by atoms with van der Waals surface area (Å²) < 4.78 is 1.21. The highest BCUT2D eigenvalue weighted by molar-refractivity contribution is 4.82. The van der Waals surface area contributed by atoms with Crippen LogP contribution >= 0.6 is 0 Å². The first-order valence-corrected chi connectivity index (χ1v) is 11.2. The van der Waals surface area contributed by atoms with Gasteiger partial charge in [-0.2, -0.15) is 0 Å². The number of nitrogens with zero attached hydrogens (tertiary/aromatic N) is 1. The Morgan fingerprint density at radius 2 is 1.48 bits per heavy atom. The highest BCUT2D eigenvalue weighted by Gasteiger charge is 2.20. The summed E-state index contributed by atoms with van der Waals surface area (Å²) in [5.41, 5.74) is -1.98. The molecule has 2 unspecified atom stereocenters. The minimum absolute atomic E-state index is 0.215. The van der Waals surface area contributed by atoms with Crippen molar-refractivity contribution >= 4 is 0 Å². The molecule has 0 aliphatic carbocycles. The predicted molar refractivity (Wildman–Crippen MR) is 121 cm³/mol. The summed E-state index contributed by atoms with van der Waals surface area (Å²) in [6.45, 7) is 9.84. The zero-order valence-electron chi connectivity index (χ0n) is 18.1. The van der Waals surface area contributed by atoms with E-state index in [1.807, 2.05) is 12.2 Å². The monoisotopic (exact) mass is 405 g/mol. The van der Waals surface area contributed by atoms with Crippen LogP contribution in [0, 0.1) is 5.92 Å². The summed E-state index contributed by atoms with van der Waals surface area (Å²) in [6.07, 6.45) is 17.4. The van der Waals surface area contributed by atoms with Crippen molar-refractivity contribution in [2.24, 2.45) is 5.92 Å². The third-order valence-electron chi connectivity index (χ3n) is 5.51. The molecule has 0 aliphatic heterocycles. The molecule has 0 saturated carbocycles. The Balaban J connectivity index is 2.86. The van der Waals surface area contributed by atoms with Crippen molar-refractivity contribution in [3.8, 4) is 0 Å². The average Bonchev–Trinajstić information content (AvgIpc) is 2.66. The lowest BCUT2D eigenvalue weighted by atomic mass is 9.89. The third-order valence-corrected chi connectivity index (χ3v) is 5.51. The Kier molecular flexibility index (Phi) is 12.7. The normalized spacial score (nSPS) is 13.1. The van der Waals surface area contributed by atoms with Crippen molar-refractivity contribution in [1.82, 2.24) is 14.5 Å². The van der Waals surface area contributed by atoms with E-state index >= 15 is 0 Å². The van der Waals surface area contributed by atoms with E-state index < -0.39 is 17.1 Å². The smallest absolute Gasteiger partial charge is 0.259 e. The van der Waals surface area contributed by atoms with E-state index in [-0.39, 0.29) is 6.04 Å². The van der Waals surface area contributed by atoms with Crippen molar-refractivity contribution < 1.29 is 0 Å². The molecule has 0 radical (unpaired) electrons. The molecular weight excluding hydrogens is 366 g/mol. The summed E-state index contributed by atoms with van der Waals surface area (Å²) in [6, 6.07) is -0.215. The molecule has 1 heterocycles. The molecule has 0 amide bonds. The van der Waals surface area contributed by atoms with E-state index in [1.165, 1.54) is 36.7 Å². The van der Waals surface area contributed by atoms with Gasteiger partial charge in [-0.25, -0.2) is 19.0 Å². The first-order chi connectivity index (χ1) is 14.0. The molecule has 29 heavy (non-hydrogen) atoms. The van der Waals surface area contributed by atoms with E-state index in [2.05, 4.69) is 30.0 Å². The van der Waals surface area contributed by atoms with Crippen LogP contribution in [0.5, 0.6) is 0 Å². The van der Waals surface area contributed by atoms with Gasteiger partial charge in [0.05, 0.1) is 0 Å². The first kappa shape index (κ1) is 24.9. The Labute approximate surface area is 174 Å². The Morgan fingerprint density at radius 3 is 2.07 bits per heavy atom. The molecule has 0 fully saturated rings. The number of rotatable bonds is 17. The largest absolute Gasteiger partial charge is 0.333 e. The third kappa shape index (κ3) is 9.77. The van der Waals surface area contributed by atoms with E-state index in [4.69, 9.17) is 0 Å². The number of aromatic amines is 2. The summed E-state index contributed by atoms with van der Waals surface area (Å²) in [7, 11) is 0. The van der Waals surface area contributed by atoms with Gasteiger partial charge in [0.25, 0.3) is 0 Å². The lowest BCUT2D eigenvalue weighted by Gasteiger charge is -2.24. The number of hydrogen-bond donors (Lipinski definition) is 2. The number of H-pyrrole nitrogens is 2. The van der Waals surface area contributed by atoms with Crippen LogP contribution in [-0.2, 0) is 0 Å². The standard InChI is InChI=1S/C23H39N3O3/c1-4-7-9-10-11-12-14-17-20(18-19(15-6-3)16-13-8-5-2)26-22(28)24-21(27)25-23(26)29/h5-6,19-20H,2-4,7-18H2,1H3,(H2,24,25,27,28,29). The van der Waals surface area contributed by atoms with Crippen LogP contribution in [0.25, 0.3) is 0 Å². The van der Waals surface area contributed by atoms with Gasteiger partial charge < -0.3 is 0 Å². The van der Waals surface area contributed by atoms with Crippen molar-refractivity contribution in [2.75, 3.05) is 0 Å². The van der Waals surface area contributed by atoms with E-state index in [0.717, 1.165) is 51.4 Å². The van der Waals surface area contributed by atoms with Crippen molar-refractivity contribution in [3.05, 3.63) is 56.8 Å². The van der Waals surface area contributed by atoms with Gasteiger partial charge in [-0.1, -0.05) is 64.0 Å². The molecule has 0 aromatic carbocycles. The topological polar surface area (TPSA) is 87.7 Å². The second kappa shape index (κ2) is 14.8. The zero-order valence-corrected chi connectivity index (χ0v) is 18.1. The van der Waals surface area contributed by atoms with Crippen molar-refractivity contribution in [1.29, 1.82) is 0 Å². The van der Waals surface area contributed by atoms with Crippen molar-refractivity contribution in [3.63, 3.8) is 0 Å². The minimum atomic E-state index is -0.750. The van der Waals surface area contributed by atoms with Gasteiger partial charge in [-0.05, 0) is 44.4 Å². The molecule has 1 aromatic heterocycles. The molecule has 0 aliphatic rings. The van der Waals surface area contributed by atoms with Gasteiger partial charge in [0, 0.05) is 6.04 Å². The molecule has 164 valence electrons. The minimum Gasteiger partial charge on any atom is -0.259 e. The molecule has 0 spiro atoms. The highest BCUT2D eigenvalue weighted by atomic mass is 16.2. The van der Waals surface area contributed by atoms with Gasteiger partial charge in [0.15, 0.2) is 0 Å². The number of hydrogen-bond acceptors (Lipinski definition) is 3. The maximum atomic E-state index is 12.4. The average molecular weight is 406 g/mol. The van der Waals surface area contributed by atoms with Crippen LogP contribution in [0.15, 0.2) is 39.7 Å². The van der Waals surface area contributed by atoms with Crippen LogP contribution in [0.2, 0.25) is 0 Å². The lowest BCUT2D eigenvalue weighted by molar-refractivity contribution is 0.306. The molecule has 6 heteroatoms. The lowest BCUT2D eigenvalue weighted by Crippen LogP contribution is -2.45. The van der Waals surface area contributed by atoms with Crippen LogP contribution in [-0.4, -0.2) is 14.5 Å². The number of nitrogens with one attached hydrogen (secondary N) is 2. The van der Waals surface area contributed by atoms with Gasteiger partial charge in [-0.15, -0.1) is 13.2 Å². The van der Waals surface area contributed by atoms with Crippen molar-refractivity contribution in [2.45, 2.75) is 96.4 Å². The molecule has 1 rings (SSSR count). The molecule has 6 nitrogen and oxygen atoms in total. The second-order valence-electron chi connectivity index (χ2n) is 7.97. The van der Waals surface area contributed by atoms with Gasteiger partial charge in [0.1, 0.15) is 0 Å². The fourth-order valence-electron chi connectivity index (χ4n) is 3.96.